The minimum Gasteiger partial charge on any atom is -0.493 e. The van der Waals surface area contributed by atoms with Crippen LogP contribution in [0.2, 0.25) is 0 Å². The number of nitrogens with one attached hydrogen (secondary N) is 1. The third-order valence-electron chi connectivity index (χ3n) is 2.69. The van der Waals surface area contributed by atoms with E-state index in [1.165, 1.54) is 0 Å². The quantitative estimate of drug-likeness (QED) is 0.679. The zero-order valence-electron chi connectivity index (χ0n) is 12.3. The van der Waals surface area contributed by atoms with E-state index in [2.05, 4.69) is 5.32 Å². The van der Waals surface area contributed by atoms with E-state index in [0.717, 1.165) is 0 Å². The SMILES string of the molecule is CC(C)COc1cccc(NC(=O)C(N)CCC(=O)O)c1. The molecule has 6 heteroatoms. The van der Waals surface area contributed by atoms with Crippen molar-refractivity contribution in [1.29, 1.82) is 0 Å². The van der Waals surface area contributed by atoms with Crippen molar-refractivity contribution < 1.29 is 19.4 Å². The van der Waals surface area contributed by atoms with Crippen molar-refractivity contribution in [2.45, 2.75) is 32.7 Å². The van der Waals surface area contributed by atoms with Crippen LogP contribution in [0.3, 0.4) is 0 Å². The summed E-state index contributed by atoms with van der Waals surface area (Å²) in [5, 5.41) is 11.2. The van der Waals surface area contributed by atoms with Crippen molar-refractivity contribution in [1.82, 2.24) is 0 Å². The number of hydrogen-bond acceptors (Lipinski definition) is 4. The number of carboxylic acid groups (broad SMARTS) is 1. The molecule has 0 aliphatic carbocycles. The predicted octanol–water partition coefficient (Wildman–Crippen LogP) is 1.85. The molecule has 0 aliphatic rings. The molecule has 0 aliphatic heterocycles. The first-order valence-corrected chi connectivity index (χ1v) is 6.89. The zero-order chi connectivity index (χ0) is 15.8. The molecular formula is C15H22N2O4. The van der Waals surface area contributed by atoms with Crippen LogP contribution in [-0.4, -0.2) is 29.6 Å². The molecule has 0 radical (unpaired) electrons. The second-order valence-electron chi connectivity index (χ2n) is 5.26. The van der Waals surface area contributed by atoms with Crippen LogP contribution in [0.15, 0.2) is 24.3 Å². The minimum absolute atomic E-state index is 0.102. The predicted molar refractivity (Wildman–Crippen MR) is 80.2 cm³/mol. The van der Waals surface area contributed by atoms with Crippen molar-refractivity contribution in [3.63, 3.8) is 0 Å². The molecule has 1 aromatic carbocycles. The van der Waals surface area contributed by atoms with Gasteiger partial charge in [-0.15, -0.1) is 0 Å². The molecule has 4 N–H and O–H groups in total. The van der Waals surface area contributed by atoms with E-state index in [4.69, 9.17) is 15.6 Å². The van der Waals surface area contributed by atoms with Crippen LogP contribution < -0.4 is 15.8 Å². The van der Waals surface area contributed by atoms with E-state index in [0.29, 0.717) is 24.0 Å². The summed E-state index contributed by atoms with van der Waals surface area (Å²) in [6, 6.07) is 6.17. The number of carbonyl (C=O) groups excluding carboxylic acids is 1. The van der Waals surface area contributed by atoms with Gasteiger partial charge in [0.05, 0.1) is 12.6 Å². The molecule has 1 aromatic rings. The van der Waals surface area contributed by atoms with Gasteiger partial charge >= 0.3 is 5.97 Å². The van der Waals surface area contributed by atoms with Gasteiger partial charge in [-0.25, -0.2) is 0 Å². The van der Waals surface area contributed by atoms with Crippen LogP contribution in [0.4, 0.5) is 5.69 Å². The smallest absolute Gasteiger partial charge is 0.303 e. The van der Waals surface area contributed by atoms with Crippen LogP contribution in [0.5, 0.6) is 5.75 Å². The third kappa shape index (κ3) is 6.76. The summed E-state index contributed by atoms with van der Waals surface area (Å²) in [4.78, 5) is 22.3. The average molecular weight is 294 g/mol. The Kier molecular flexibility index (Phi) is 6.68. The summed E-state index contributed by atoms with van der Waals surface area (Å²) in [7, 11) is 0. The van der Waals surface area contributed by atoms with Crippen molar-refractivity contribution in [2.24, 2.45) is 11.7 Å². The lowest BCUT2D eigenvalue weighted by Gasteiger charge is -2.13. The number of aliphatic carboxylic acids is 1. The Bertz CT molecular complexity index is 488. The van der Waals surface area contributed by atoms with Crippen LogP contribution in [-0.2, 0) is 9.59 Å². The highest BCUT2D eigenvalue weighted by Gasteiger charge is 2.15. The maximum absolute atomic E-state index is 11.8. The van der Waals surface area contributed by atoms with Gasteiger partial charge < -0.3 is 20.9 Å². The lowest BCUT2D eigenvalue weighted by molar-refractivity contribution is -0.137. The van der Waals surface area contributed by atoms with E-state index in [9.17, 15) is 9.59 Å². The molecule has 6 nitrogen and oxygen atoms in total. The molecule has 1 unspecified atom stereocenters. The van der Waals surface area contributed by atoms with Crippen LogP contribution in [0.1, 0.15) is 26.7 Å². The number of ether oxygens (including phenoxy) is 1. The lowest BCUT2D eigenvalue weighted by Crippen LogP contribution is -2.36. The normalized spacial score (nSPS) is 12.0. The van der Waals surface area contributed by atoms with Gasteiger partial charge in [-0.2, -0.15) is 0 Å². The fraction of sp³-hybridized carbons (Fsp3) is 0.467. The number of hydrogen-bond donors (Lipinski definition) is 3. The number of carboxylic acids is 1. The van der Waals surface area contributed by atoms with Crippen molar-refractivity contribution >= 4 is 17.6 Å². The second-order valence-corrected chi connectivity index (χ2v) is 5.26. The standard InChI is InChI=1S/C15H22N2O4/c1-10(2)9-21-12-5-3-4-11(8-12)17-15(20)13(16)6-7-14(18)19/h3-5,8,10,13H,6-7,9,16H2,1-2H3,(H,17,20)(H,18,19). The van der Waals surface area contributed by atoms with Gasteiger partial charge in [0.2, 0.25) is 5.91 Å². The Morgan fingerprint density at radius 3 is 2.71 bits per heavy atom. The first-order chi connectivity index (χ1) is 9.88. The lowest BCUT2D eigenvalue weighted by atomic mass is 10.1. The van der Waals surface area contributed by atoms with Crippen LogP contribution in [0.25, 0.3) is 0 Å². The highest BCUT2D eigenvalue weighted by atomic mass is 16.5. The molecular weight excluding hydrogens is 272 g/mol. The molecule has 1 rings (SSSR count). The molecule has 21 heavy (non-hydrogen) atoms. The first kappa shape index (κ1) is 17.0. The minimum atomic E-state index is -0.970. The Morgan fingerprint density at radius 1 is 1.38 bits per heavy atom. The molecule has 0 saturated carbocycles. The molecule has 0 heterocycles. The van der Waals surface area contributed by atoms with E-state index < -0.39 is 17.9 Å². The van der Waals surface area contributed by atoms with Gasteiger partial charge in [0.1, 0.15) is 5.75 Å². The molecule has 0 saturated heterocycles. The topological polar surface area (TPSA) is 102 Å². The number of benzene rings is 1. The van der Waals surface area contributed by atoms with Gasteiger partial charge in [0, 0.05) is 18.2 Å². The largest absolute Gasteiger partial charge is 0.493 e. The zero-order valence-corrected chi connectivity index (χ0v) is 12.3. The third-order valence-corrected chi connectivity index (χ3v) is 2.69. The van der Waals surface area contributed by atoms with Gasteiger partial charge in [-0.3, -0.25) is 9.59 Å². The maximum Gasteiger partial charge on any atom is 0.303 e. The maximum atomic E-state index is 11.8. The van der Waals surface area contributed by atoms with E-state index in [1.807, 2.05) is 19.9 Å². The van der Waals surface area contributed by atoms with Gasteiger partial charge in [0.15, 0.2) is 0 Å². The molecule has 0 bridgehead atoms. The highest BCUT2D eigenvalue weighted by molar-refractivity contribution is 5.95. The Balaban J connectivity index is 2.55. The van der Waals surface area contributed by atoms with Crippen LogP contribution in [0, 0.1) is 5.92 Å². The molecule has 0 aromatic heterocycles. The number of rotatable bonds is 8. The number of nitrogens with two attached hydrogens (primary N) is 1. The Morgan fingerprint density at radius 2 is 2.10 bits per heavy atom. The number of anilines is 1. The summed E-state index contributed by atoms with van der Waals surface area (Å²) in [6.07, 6.45) is -0.0309. The molecule has 0 spiro atoms. The van der Waals surface area contributed by atoms with E-state index in [1.54, 1.807) is 18.2 Å². The summed E-state index contributed by atoms with van der Waals surface area (Å²) >= 11 is 0. The van der Waals surface area contributed by atoms with E-state index >= 15 is 0 Å². The number of amides is 1. The summed E-state index contributed by atoms with van der Waals surface area (Å²) < 4.78 is 5.57. The van der Waals surface area contributed by atoms with Crippen LogP contribution >= 0.6 is 0 Å². The molecule has 116 valence electrons. The van der Waals surface area contributed by atoms with Crippen molar-refractivity contribution in [3.8, 4) is 5.75 Å². The Labute approximate surface area is 124 Å². The fourth-order valence-corrected chi connectivity index (χ4v) is 1.57. The van der Waals surface area contributed by atoms with Crippen molar-refractivity contribution in [2.75, 3.05) is 11.9 Å². The summed E-state index contributed by atoms with van der Waals surface area (Å²) in [6.45, 7) is 4.69. The monoisotopic (exact) mass is 294 g/mol. The van der Waals surface area contributed by atoms with Gasteiger partial charge in [-0.05, 0) is 24.5 Å². The Hall–Kier alpha value is -2.08. The fourth-order valence-electron chi connectivity index (χ4n) is 1.57. The van der Waals surface area contributed by atoms with Crippen molar-refractivity contribution in [3.05, 3.63) is 24.3 Å². The van der Waals surface area contributed by atoms with E-state index in [-0.39, 0.29) is 12.8 Å². The first-order valence-electron chi connectivity index (χ1n) is 6.89. The summed E-state index contributed by atoms with van der Waals surface area (Å²) in [5.41, 5.74) is 6.22. The van der Waals surface area contributed by atoms with Gasteiger partial charge in [-0.1, -0.05) is 19.9 Å². The van der Waals surface area contributed by atoms with Gasteiger partial charge in [0.25, 0.3) is 0 Å². The molecule has 1 atom stereocenters. The highest BCUT2D eigenvalue weighted by Crippen LogP contribution is 2.18. The average Bonchev–Trinajstić information content (AvgIpc) is 2.42. The summed E-state index contributed by atoms with van der Waals surface area (Å²) in [5.74, 6) is -0.298. The molecule has 0 fully saturated rings. The number of carbonyl (C=O) groups is 2. The second kappa shape index (κ2) is 8.26. The molecule has 1 amide bonds.